The van der Waals surface area contributed by atoms with Crippen molar-refractivity contribution in [3.8, 4) is 0 Å². The molecule has 0 aromatic heterocycles. The van der Waals surface area contributed by atoms with Gasteiger partial charge in [-0.05, 0) is 37.1 Å². The van der Waals surface area contributed by atoms with Crippen LogP contribution < -0.4 is 5.73 Å². The molecule has 1 aromatic rings. The Morgan fingerprint density at radius 1 is 1.56 bits per heavy atom. The van der Waals surface area contributed by atoms with Gasteiger partial charge < -0.3 is 5.73 Å². The maximum absolute atomic E-state index is 13.3. The monoisotopic (exact) mass is 270 g/mol. The number of benzene rings is 1. The number of rotatable bonds is 4. The van der Waals surface area contributed by atoms with Crippen molar-refractivity contribution in [3.05, 3.63) is 39.7 Å². The van der Waals surface area contributed by atoms with Gasteiger partial charge in [-0.15, -0.1) is 0 Å². The first-order chi connectivity index (χ1) is 8.56. The fourth-order valence-corrected chi connectivity index (χ4v) is 3.73. The van der Waals surface area contributed by atoms with E-state index in [-0.39, 0.29) is 10.4 Å². The van der Waals surface area contributed by atoms with Gasteiger partial charge in [-0.2, -0.15) is 11.8 Å². The molecule has 1 fully saturated rings. The van der Waals surface area contributed by atoms with Gasteiger partial charge in [0.25, 0.3) is 5.69 Å². The van der Waals surface area contributed by atoms with Gasteiger partial charge in [0, 0.05) is 22.9 Å². The van der Waals surface area contributed by atoms with E-state index in [0.29, 0.717) is 18.5 Å². The Bertz CT molecular complexity index is 461. The largest absolute Gasteiger partial charge is 0.329 e. The lowest BCUT2D eigenvalue weighted by atomic mass is 9.93. The summed E-state index contributed by atoms with van der Waals surface area (Å²) in [4.78, 5) is 10.5. The van der Waals surface area contributed by atoms with E-state index in [1.807, 2.05) is 0 Å². The van der Waals surface area contributed by atoms with Crippen LogP contribution in [0.1, 0.15) is 18.4 Å². The molecule has 0 amide bonds. The minimum absolute atomic E-state index is 0.0169. The highest BCUT2D eigenvalue weighted by molar-refractivity contribution is 8.00. The fraction of sp³-hybridized carbons (Fsp3) is 0.500. The smallest absolute Gasteiger partial charge is 0.272 e. The van der Waals surface area contributed by atoms with Gasteiger partial charge in [0.05, 0.1) is 4.92 Å². The molecule has 0 spiro atoms. The van der Waals surface area contributed by atoms with Crippen molar-refractivity contribution in [1.29, 1.82) is 0 Å². The van der Waals surface area contributed by atoms with Gasteiger partial charge in [0.2, 0.25) is 0 Å². The zero-order valence-corrected chi connectivity index (χ0v) is 10.7. The van der Waals surface area contributed by atoms with Crippen LogP contribution in [0.4, 0.5) is 10.1 Å². The van der Waals surface area contributed by atoms with Crippen LogP contribution in [0.2, 0.25) is 0 Å². The van der Waals surface area contributed by atoms with Crippen molar-refractivity contribution in [2.75, 3.05) is 12.3 Å². The highest BCUT2D eigenvalue weighted by atomic mass is 32.2. The second-order valence-corrected chi connectivity index (χ2v) is 6.11. The van der Waals surface area contributed by atoms with Crippen molar-refractivity contribution in [3.63, 3.8) is 0 Å². The van der Waals surface area contributed by atoms with Crippen LogP contribution in [0.15, 0.2) is 18.2 Å². The number of nitro benzene ring substituents is 1. The summed E-state index contributed by atoms with van der Waals surface area (Å²) in [5.41, 5.74) is 6.22. The Balaban J connectivity index is 2.32. The highest BCUT2D eigenvalue weighted by Gasteiger charge is 2.35. The standard InChI is InChI=1S/C12H15FN2O2S/c13-10-2-3-11(15(16)17)9(6-10)7-12(8-14)4-1-5-18-12/h2-3,6H,1,4-5,7-8,14H2. The molecular formula is C12H15FN2O2S. The van der Waals surface area contributed by atoms with E-state index in [2.05, 4.69) is 0 Å². The van der Waals surface area contributed by atoms with Crippen molar-refractivity contribution in [1.82, 2.24) is 0 Å². The quantitative estimate of drug-likeness (QED) is 0.674. The Kier molecular flexibility index (Phi) is 3.87. The predicted molar refractivity (Wildman–Crippen MR) is 70.2 cm³/mol. The predicted octanol–water partition coefficient (Wildman–Crippen LogP) is 2.50. The molecule has 1 aliphatic rings. The van der Waals surface area contributed by atoms with Crippen LogP contribution >= 0.6 is 11.8 Å². The van der Waals surface area contributed by atoms with E-state index in [9.17, 15) is 14.5 Å². The van der Waals surface area contributed by atoms with Crippen molar-refractivity contribution in [2.24, 2.45) is 5.73 Å². The molecule has 1 unspecified atom stereocenters. The number of thioether (sulfide) groups is 1. The van der Waals surface area contributed by atoms with E-state index in [1.54, 1.807) is 11.8 Å². The maximum Gasteiger partial charge on any atom is 0.272 e. The number of nitrogens with zero attached hydrogens (tertiary/aromatic N) is 1. The number of halogens is 1. The van der Waals surface area contributed by atoms with E-state index >= 15 is 0 Å². The van der Waals surface area contributed by atoms with Gasteiger partial charge in [0.15, 0.2) is 0 Å². The van der Waals surface area contributed by atoms with Gasteiger partial charge >= 0.3 is 0 Å². The minimum Gasteiger partial charge on any atom is -0.329 e. The van der Waals surface area contributed by atoms with Gasteiger partial charge in [-0.1, -0.05) is 0 Å². The van der Waals surface area contributed by atoms with Crippen LogP contribution in [0.25, 0.3) is 0 Å². The van der Waals surface area contributed by atoms with Crippen LogP contribution in [0.5, 0.6) is 0 Å². The molecule has 0 aliphatic carbocycles. The van der Waals surface area contributed by atoms with Crippen LogP contribution in [0.3, 0.4) is 0 Å². The van der Waals surface area contributed by atoms with E-state index < -0.39 is 10.7 Å². The van der Waals surface area contributed by atoms with Gasteiger partial charge in [-0.3, -0.25) is 10.1 Å². The molecule has 0 radical (unpaired) electrons. The summed E-state index contributed by atoms with van der Waals surface area (Å²) in [6, 6.07) is 3.61. The number of nitrogens with two attached hydrogens (primary N) is 1. The van der Waals surface area contributed by atoms with Crippen molar-refractivity contribution in [2.45, 2.75) is 24.0 Å². The summed E-state index contributed by atoms with van der Waals surface area (Å²) in [5, 5.41) is 10.9. The fourth-order valence-electron chi connectivity index (χ4n) is 2.35. The lowest BCUT2D eigenvalue weighted by Gasteiger charge is -2.26. The number of nitro groups is 1. The molecule has 1 atom stereocenters. The Morgan fingerprint density at radius 2 is 2.33 bits per heavy atom. The molecule has 4 nitrogen and oxygen atoms in total. The zero-order chi connectivity index (χ0) is 13.2. The summed E-state index contributed by atoms with van der Waals surface area (Å²) in [6.45, 7) is 0.464. The third kappa shape index (κ3) is 2.64. The van der Waals surface area contributed by atoms with Crippen molar-refractivity contribution >= 4 is 17.4 Å². The Labute approximate surface area is 109 Å². The van der Waals surface area contributed by atoms with Crippen LogP contribution in [-0.4, -0.2) is 22.0 Å². The zero-order valence-electron chi connectivity index (χ0n) is 9.89. The molecular weight excluding hydrogens is 255 g/mol. The average molecular weight is 270 g/mol. The first-order valence-corrected chi connectivity index (χ1v) is 6.82. The Morgan fingerprint density at radius 3 is 2.89 bits per heavy atom. The van der Waals surface area contributed by atoms with Crippen LogP contribution in [-0.2, 0) is 6.42 Å². The van der Waals surface area contributed by atoms with Crippen molar-refractivity contribution < 1.29 is 9.31 Å². The first-order valence-electron chi connectivity index (χ1n) is 5.83. The third-order valence-corrected chi connectivity index (χ3v) is 4.93. The average Bonchev–Trinajstić information content (AvgIpc) is 2.78. The van der Waals surface area contributed by atoms with Gasteiger partial charge in [0.1, 0.15) is 5.82 Å². The van der Waals surface area contributed by atoms with E-state index in [1.165, 1.54) is 12.1 Å². The van der Waals surface area contributed by atoms with Gasteiger partial charge in [-0.25, -0.2) is 4.39 Å². The lowest BCUT2D eigenvalue weighted by molar-refractivity contribution is -0.385. The Hall–Kier alpha value is -1.14. The molecule has 98 valence electrons. The maximum atomic E-state index is 13.3. The third-order valence-electron chi connectivity index (χ3n) is 3.31. The topological polar surface area (TPSA) is 69.2 Å². The summed E-state index contributed by atoms with van der Waals surface area (Å²) in [7, 11) is 0. The normalized spacial score (nSPS) is 23.2. The molecule has 0 saturated carbocycles. The molecule has 18 heavy (non-hydrogen) atoms. The summed E-state index contributed by atoms with van der Waals surface area (Å²) in [6.07, 6.45) is 2.45. The molecule has 2 rings (SSSR count). The van der Waals surface area contributed by atoms with E-state index in [0.717, 1.165) is 24.7 Å². The summed E-state index contributed by atoms with van der Waals surface area (Å²) in [5.74, 6) is 0.575. The molecule has 1 aliphatic heterocycles. The van der Waals surface area contributed by atoms with E-state index in [4.69, 9.17) is 5.73 Å². The molecule has 2 N–H and O–H groups in total. The molecule has 1 aromatic carbocycles. The number of hydrogen-bond acceptors (Lipinski definition) is 4. The molecule has 6 heteroatoms. The lowest BCUT2D eigenvalue weighted by Crippen LogP contribution is -2.34. The first kappa shape index (κ1) is 13.3. The molecule has 1 saturated heterocycles. The molecule has 1 heterocycles. The second-order valence-electron chi connectivity index (χ2n) is 4.55. The number of hydrogen-bond donors (Lipinski definition) is 1. The summed E-state index contributed by atoms with van der Waals surface area (Å²) >= 11 is 1.74. The summed E-state index contributed by atoms with van der Waals surface area (Å²) < 4.78 is 13.1. The minimum atomic E-state index is -0.460. The molecule has 0 bridgehead atoms. The SMILES string of the molecule is NCC1(Cc2cc(F)ccc2[N+](=O)[O-])CCCS1. The second kappa shape index (κ2) is 5.24. The highest BCUT2D eigenvalue weighted by Crippen LogP contribution is 2.41. The van der Waals surface area contributed by atoms with Crippen LogP contribution in [0, 0.1) is 15.9 Å².